The molecule has 3 heterocycles. The number of fused-ring (bicyclic) bond motifs is 1. The maximum atomic E-state index is 12.7. The van der Waals surface area contributed by atoms with Crippen molar-refractivity contribution in [2.24, 2.45) is 7.05 Å². The van der Waals surface area contributed by atoms with E-state index >= 15 is 0 Å². The van der Waals surface area contributed by atoms with Crippen molar-refractivity contribution in [3.63, 3.8) is 0 Å². The summed E-state index contributed by atoms with van der Waals surface area (Å²) < 4.78 is 9.06. The smallest absolute Gasteiger partial charge is 0.276 e. The van der Waals surface area contributed by atoms with Gasteiger partial charge in [-0.05, 0) is 26.7 Å². The zero-order chi connectivity index (χ0) is 13.6. The summed E-state index contributed by atoms with van der Waals surface area (Å²) in [5, 5.41) is 6.15. The van der Waals surface area contributed by atoms with Crippen LogP contribution < -0.4 is 5.56 Å². The third-order valence-corrected chi connectivity index (χ3v) is 4.30. The Morgan fingerprint density at radius 3 is 2.63 bits per heavy atom. The first-order valence-electron chi connectivity index (χ1n) is 6.72. The summed E-state index contributed by atoms with van der Waals surface area (Å²) in [5.74, 6) is 0. The molecule has 0 saturated carbocycles. The average molecular weight is 261 g/mol. The molecule has 0 aliphatic carbocycles. The molecule has 19 heavy (non-hydrogen) atoms. The van der Waals surface area contributed by atoms with E-state index in [1.165, 1.54) is 0 Å². The summed E-state index contributed by atoms with van der Waals surface area (Å²) in [7, 11) is 1.99. The predicted molar refractivity (Wildman–Crippen MR) is 73.5 cm³/mol. The van der Waals surface area contributed by atoms with Crippen LogP contribution in [0.2, 0.25) is 0 Å². The standard InChI is InChI=1S/C14H19N3O2/c1-9-12-8-15-17(11-4-6-19-7-5-11)14(18)13(12)10(2)16(9)3/h8,11H,4-7H2,1-3H3. The van der Waals surface area contributed by atoms with Crippen LogP contribution in [0.3, 0.4) is 0 Å². The molecule has 1 aliphatic heterocycles. The summed E-state index contributed by atoms with van der Waals surface area (Å²) >= 11 is 0. The normalized spacial score (nSPS) is 17.2. The lowest BCUT2D eigenvalue weighted by Crippen LogP contribution is -2.31. The summed E-state index contributed by atoms with van der Waals surface area (Å²) in [6, 6.07) is 0.172. The van der Waals surface area contributed by atoms with Crippen molar-refractivity contribution < 1.29 is 4.74 Å². The first kappa shape index (κ1) is 12.4. The monoisotopic (exact) mass is 261 g/mol. The number of aryl methyl sites for hydroxylation is 2. The quantitative estimate of drug-likeness (QED) is 0.785. The fourth-order valence-corrected chi connectivity index (χ4v) is 2.88. The molecule has 0 unspecified atom stereocenters. The molecule has 102 valence electrons. The van der Waals surface area contributed by atoms with E-state index in [2.05, 4.69) is 9.67 Å². The molecule has 5 nitrogen and oxygen atoms in total. The van der Waals surface area contributed by atoms with Gasteiger partial charge in [0.05, 0.1) is 17.6 Å². The van der Waals surface area contributed by atoms with Gasteiger partial charge in [0.15, 0.2) is 0 Å². The Morgan fingerprint density at radius 2 is 1.95 bits per heavy atom. The Hall–Kier alpha value is -1.62. The van der Waals surface area contributed by atoms with Gasteiger partial charge in [0.2, 0.25) is 0 Å². The van der Waals surface area contributed by atoms with Crippen molar-refractivity contribution in [3.8, 4) is 0 Å². The number of ether oxygens (including phenoxy) is 1. The lowest BCUT2D eigenvalue weighted by atomic mass is 10.1. The zero-order valence-corrected chi connectivity index (χ0v) is 11.6. The Morgan fingerprint density at radius 1 is 1.26 bits per heavy atom. The summed E-state index contributed by atoms with van der Waals surface area (Å²) in [6.07, 6.45) is 3.56. The number of aromatic nitrogens is 3. The van der Waals surface area contributed by atoms with Crippen molar-refractivity contribution in [3.05, 3.63) is 27.9 Å². The second-order valence-electron chi connectivity index (χ2n) is 5.26. The molecular weight excluding hydrogens is 242 g/mol. The minimum atomic E-state index is 0.0330. The molecule has 0 amide bonds. The molecule has 2 aromatic rings. The largest absolute Gasteiger partial charge is 0.381 e. The Kier molecular flexibility index (Phi) is 2.93. The molecule has 0 spiro atoms. The highest BCUT2D eigenvalue weighted by Crippen LogP contribution is 2.23. The molecule has 0 aromatic carbocycles. The maximum absolute atomic E-state index is 12.7. The lowest BCUT2D eigenvalue weighted by Gasteiger charge is -2.22. The van der Waals surface area contributed by atoms with Gasteiger partial charge >= 0.3 is 0 Å². The van der Waals surface area contributed by atoms with Gasteiger partial charge in [-0.3, -0.25) is 4.79 Å². The maximum Gasteiger partial charge on any atom is 0.276 e. The van der Waals surface area contributed by atoms with E-state index in [1.807, 2.05) is 27.1 Å². The van der Waals surface area contributed by atoms with E-state index in [4.69, 9.17) is 4.74 Å². The van der Waals surface area contributed by atoms with Crippen molar-refractivity contribution >= 4 is 10.8 Å². The van der Waals surface area contributed by atoms with Gasteiger partial charge in [-0.2, -0.15) is 5.10 Å². The second-order valence-corrected chi connectivity index (χ2v) is 5.26. The number of rotatable bonds is 1. The lowest BCUT2D eigenvalue weighted by molar-refractivity contribution is 0.0650. The van der Waals surface area contributed by atoms with Crippen molar-refractivity contribution in [1.82, 2.24) is 14.3 Å². The summed E-state index contributed by atoms with van der Waals surface area (Å²) in [6.45, 7) is 5.44. The molecule has 0 atom stereocenters. The predicted octanol–water partition coefficient (Wildman–Crippen LogP) is 1.70. The van der Waals surface area contributed by atoms with Crippen LogP contribution in [0.4, 0.5) is 0 Å². The highest BCUT2D eigenvalue weighted by molar-refractivity contribution is 5.86. The van der Waals surface area contributed by atoms with Crippen LogP contribution in [0.15, 0.2) is 11.0 Å². The Balaban J connectivity index is 2.20. The first-order chi connectivity index (χ1) is 9.11. The van der Waals surface area contributed by atoms with Gasteiger partial charge in [0.1, 0.15) is 0 Å². The summed E-state index contributed by atoms with van der Waals surface area (Å²) in [5.41, 5.74) is 2.14. The highest BCUT2D eigenvalue weighted by Gasteiger charge is 2.21. The van der Waals surface area contributed by atoms with E-state index in [0.717, 1.165) is 35.0 Å². The van der Waals surface area contributed by atoms with Gasteiger partial charge in [-0.1, -0.05) is 0 Å². The van der Waals surface area contributed by atoms with Crippen molar-refractivity contribution in [2.45, 2.75) is 32.7 Å². The van der Waals surface area contributed by atoms with E-state index in [9.17, 15) is 4.79 Å². The third-order valence-electron chi connectivity index (χ3n) is 4.30. The van der Waals surface area contributed by atoms with E-state index < -0.39 is 0 Å². The van der Waals surface area contributed by atoms with Gasteiger partial charge in [0, 0.05) is 37.0 Å². The molecule has 1 aliphatic rings. The van der Waals surface area contributed by atoms with Crippen LogP contribution in [0.5, 0.6) is 0 Å². The van der Waals surface area contributed by atoms with Crippen LogP contribution in [0, 0.1) is 13.8 Å². The molecule has 3 rings (SSSR count). The second kappa shape index (κ2) is 4.49. The molecule has 0 radical (unpaired) electrons. The van der Waals surface area contributed by atoms with Crippen LogP contribution in [0.25, 0.3) is 10.8 Å². The number of hydrogen-bond acceptors (Lipinski definition) is 3. The molecule has 2 aromatic heterocycles. The van der Waals surface area contributed by atoms with Crippen LogP contribution >= 0.6 is 0 Å². The SMILES string of the molecule is Cc1c2cnn(C3CCOCC3)c(=O)c2c(C)n1C. The summed E-state index contributed by atoms with van der Waals surface area (Å²) in [4.78, 5) is 12.7. The van der Waals surface area contributed by atoms with Crippen LogP contribution in [-0.2, 0) is 11.8 Å². The molecule has 5 heteroatoms. The van der Waals surface area contributed by atoms with Crippen LogP contribution in [-0.4, -0.2) is 27.6 Å². The minimum absolute atomic E-state index is 0.0330. The molecule has 0 N–H and O–H groups in total. The molecule has 1 saturated heterocycles. The molecular formula is C14H19N3O2. The highest BCUT2D eigenvalue weighted by atomic mass is 16.5. The van der Waals surface area contributed by atoms with Gasteiger partial charge in [-0.25, -0.2) is 4.68 Å². The molecule has 0 bridgehead atoms. The number of nitrogens with zero attached hydrogens (tertiary/aromatic N) is 3. The van der Waals surface area contributed by atoms with Crippen molar-refractivity contribution in [1.29, 1.82) is 0 Å². The van der Waals surface area contributed by atoms with Crippen LogP contribution in [0.1, 0.15) is 30.3 Å². The van der Waals surface area contributed by atoms with Gasteiger partial charge in [0.25, 0.3) is 5.56 Å². The molecule has 1 fully saturated rings. The van der Waals surface area contributed by atoms with E-state index in [1.54, 1.807) is 4.68 Å². The number of hydrogen-bond donors (Lipinski definition) is 0. The van der Waals surface area contributed by atoms with Crippen molar-refractivity contribution in [2.75, 3.05) is 13.2 Å². The van der Waals surface area contributed by atoms with E-state index in [0.29, 0.717) is 13.2 Å². The third kappa shape index (κ3) is 1.80. The first-order valence-corrected chi connectivity index (χ1v) is 6.72. The Bertz CT molecular complexity index is 678. The minimum Gasteiger partial charge on any atom is -0.381 e. The van der Waals surface area contributed by atoms with E-state index in [-0.39, 0.29) is 11.6 Å². The zero-order valence-electron chi connectivity index (χ0n) is 11.6. The fourth-order valence-electron chi connectivity index (χ4n) is 2.88. The fraction of sp³-hybridized carbons (Fsp3) is 0.571. The Labute approximate surface area is 111 Å². The van der Waals surface area contributed by atoms with Gasteiger partial charge in [-0.15, -0.1) is 0 Å². The topological polar surface area (TPSA) is 49.1 Å². The van der Waals surface area contributed by atoms with Gasteiger partial charge < -0.3 is 9.30 Å². The average Bonchev–Trinajstić information content (AvgIpc) is 2.66.